The Hall–Kier alpha value is -0.630. The minimum Gasteiger partial charge on any atom is -0.303 e. The number of aromatic nitrogens is 2. The Morgan fingerprint density at radius 2 is 2.18 bits per heavy atom. The lowest BCUT2D eigenvalue weighted by Gasteiger charge is -2.31. The van der Waals surface area contributed by atoms with Crippen LogP contribution in [-0.2, 0) is 17.1 Å². The first-order valence-corrected chi connectivity index (χ1v) is 9.62. The lowest BCUT2D eigenvalue weighted by Crippen LogP contribution is -2.37. The van der Waals surface area contributed by atoms with Crippen molar-refractivity contribution in [1.82, 2.24) is 19.4 Å². The van der Waals surface area contributed by atoms with Gasteiger partial charge >= 0.3 is 0 Å². The summed E-state index contributed by atoms with van der Waals surface area (Å²) in [4.78, 5) is 2.51. The largest absolute Gasteiger partial charge is 0.303 e. The lowest BCUT2D eigenvalue weighted by atomic mass is 9.95. The average Bonchev–Trinajstić information content (AvgIpc) is 2.72. The minimum absolute atomic E-state index is 0.0931. The Morgan fingerprint density at radius 3 is 2.77 bits per heavy atom. The second kappa shape index (κ2) is 7.29. The van der Waals surface area contributed by atoms with Crippen molar-refractivity contribution in [3.05, 3.63) is 10.8 Å². The fraction of sp³-hybridized carbons (Fsp3) is 0.786. The van der Waals surface area contributed by atoms with E-state index in [-0.39, 0.29) is 10.0 Å². The second-order valence-electron chi connectivity index (χ2n) is 5.92. The van der Waals surface area contributed by atoms with Crippen LogP contribution in [-0.4, -0.2) is 49.3 Å². The summed E-state index contributed by atoms with van der Waals surface area (Å²) in [6.45, 7) is 7.54. The maximum absolute atomic E-state index is 12.4. The maximum atomic E-state index is 12.4. The first-order chi connectivity index (χ1) is 10.3. The molecule has 1 saturated heterocycles. The zero-order valence-electron chi connectivity index (χ0n) is 13.5. The van der Waals surface area contributed by atoms with Gasteiger partial charge in [0.15, 0.2) is 0 Å². The van der Waals surface area contributed by atoms with E-state index in [4.69, 9.17) is 11.6 Å². The van der Waals surface area contributed by atoms with Gasteiger partial charge in [0.05, 0.1) is 5.69 Å². The van der Waals surface area contributed by atoms with Crippen molar-refractivity contribution in [2.75, 3.05) is 26.2 Å². The number of halogens is 1. The normalized spacial score (nSPS) is 20.5. The van der Waals surface area contributed by atoms with Gasteiger partial charge in [-0.05, 0) is 45.2 Å². The van der Waals surface area contributed by atoms with Crippen LogP contribution in [0.5, 0.6) is 0 Å². The molecule has 1 N–H and O–H groups in total. The van der Waals surface area contributed by atoms with E-state index in [0.29, 0.717) is 18.2 Å². The van der Waals surface area contributed by atoms with Crippen molar-refractivity contribution >= 4 is 21.6 Å². The van der Waals surface area contributed by atoms with Gasteiger partial charge in [-0.3, -0.25) is 4.68 Å². The van der Waals surface area contributed by atoms with E-state index in [2.05, 4.69) is 21.6 Å². The van der Waals surface area contributed by atoms with E-state index >= 15 is 0 Å². The van der Waals surface area contributed by atoms with Crippen molar-refractivity contribution in [3.8, 4) is 0 Å². The molecule has 1 aromatic heterocycles. The third kappa shape index (κ3) is 4.01. The molecule has 0 spiro atoms. The molecule has 1 aliphatic rings. The number of aryl methyl sites for hydroxylation is 2. The molecule has 126 valence electrons. The van der Waals surface area contributed by atoms with Gasteiger partial charge in [-0.1, -0.05) is 18.5 Å². The highest BCUT2D eigenvalue weighted by molar-refractivity contribution is 7.89. The molecule has 0 amide bonds. The van der Waals surface area contributed by atoms with Crippen LogP contribution in [0, 0.1) is 12.8 Å². The van der Waals surface area contributed by atoms with Crippen LogP contribution in [0.2, 0.25) is 5.15 Å². The first-order valence-electron chi connectivity index (χ1n) is 7.76. The van der Waals surface area contributed by atoms with Crippen molar-refractivity contribution in [3.63, 3.8) is 0 Å². The lowest BCUT2D eigenvalue weighted by molar-refractivity contribution is 0.177. The third-order valence-corrected chi connectivity index (χ3v) is 6.42. The summed E-state index contributed by atoms with van der Waals surface area (Å²) in [6, 6.07) is 0. The zero-order chi connectivity index (χ0) is 16.3. The molecular weight excluding hydrogens is 324 g/mol. The van der Waals surface area contributed by atoms with Crippen LogP contribution in [0.1, 0.15) is 31.9 Å². The molecule has 2 heterocycles. The van der Waals surface area contributed by atoms with Crippen molar-refractivity contribution in [1.29, 1.82) is 0 Å². The molecule has 1 fully saturated rings. The van der Waals surface area contributed by atoms with E-state index in [1.807, 2.05) is 0 Å². The van der Waals surface area contributed by atoms with Crippen LogP contribution in [0.15, 0.2) is 4.90 Å². The topological polar surface area (TPSA) is 67.2 Å². The molecule has 0 saturated carbocycles. The summed E-state index contributed by atoms with van der Waals surface area (Å²) in [6.07, 6.45) is 3.22. The molecule has 6 nitrogen and oxygen atoms in total. The van der Waals surface area contributed by atoms with Gasteiger partial charge in [-0.15, -0.1) is 0 Å². The van der Waals surface area contributed by atoms with Crippen molar-refractivity contribution < 1.29 is 8.42 Å². The van der Waals surface area contributed by atoms with Gasteiger partial charge in [0.2, 0.25) is 10.0 Å². The summed E-state index contributed by atoms with van der Waals surface area (Å²) < 4.78 is 28.8. The molecule has 0 aliphatic carbocycles. The molecule has 1 aliphatic heterocycles. The Balaban J connectivity index is 1.93. The number of hydrogen-bond acceptors (Lipinski definition) is 4. The minimum atomic E-state index is -3.60. The smallest absolute Gasteiger partial charge is 0.245 e. The highest BCUT2D eigenvalue weighted by atomic mass is 35.5. The predicted molar refractivity (Wildman–Crippen MR) is 87.6 cm³/mol. The van der Waals surface area contributed by atoms with Gasteiger partial charge in [-0.25, -0.2) is 13.1 Å². The Morgan fingerprint density at radius 1 is 1.45 bits per heavy atom. The molecule has 0 bridgehead atoms. The molecular formula is C14H25ClN4O2S. The monoisotopic (exact) mass is 348 g/mol. The highest BCUT2D eigenvalue weighted by Gasteiger charge is 2.25. The number of likely N-dealkylation sites (tertiary alicyclic amines) is 1. The number of nitrogens with zero attached hydrogens (tertiary/aromatic N) is 3. The van der Waals surface area contributed by atoms with Gasteiger partial charge < -0.3 is 4.90 Å². The number of nitrogens with one attached hydrogen (secondary N) is 1. The number of hydrogen-bond donors (Lipinski definition) is 1. The fourth-order valence-electron chi connectivity index (χ4n) is 3.06. The molecule has 1 aromatic rings. The summed E-state index contributed by atoms with van der Waals surface area (Å²) in [5.74, 6) is 0.557. The molecule has 8 heteroatoms. The Bertz CT molecular complexity index is 615. The number of piperidine rings is 1. The van der Waals surface area contributed by atoms with Gasteiger partial charge in [-0.2, -0.15) is 5.10 Å². The van der Waals surface area contributed by atoms with Crippen LogP contribution >= 0.6 is 11.6 Å². The third-order valence-electron chi connectivity index (χ3n) is 4.26. The predicted octanol–water partition coefficient (Wildman–Crippen LogP) is 1.78. The van der Waals surface area contributed by atoms with Crippen LogP contribution < -0.4 is 4.72 Å². The van der Waals surface area contributed by atoms with Crippen LogP contribution in [0.3, 0.4) is 0 Å². The molecule has 1 atom stereocenters. The second-order valence-corrected chi connectivity index (χ2v) is 7.98. The van der Waals surface area contributed by atoms with Gasteiger partial charge in [0, 0.05) is 20.1 Å². The summed E-state index contributed by atoms with van der Waals surface area (Å²) in [5.41, 5.74) is 0.426. The van der Waals surface area contributed by atoms with Crippen LogP contribution in [0.25, 0.3) is 0 Å². The molecule has 1 unspecified atom stereocenters. The summed E-state index contributed by atoms with van der Waals surface area (Å²) >= 11 is 6.04. The Kier molecular flexibility index (Phi) is 5.87. The zero-order valence-corrected chi connectivity index (χ0v) is 15.0. The van der Waals surface area contributed by atoms with E-state index in [1.165, 1.54) is 17.5 Å². The van der Waals surface area contributed by atoms with Gasteiger partial charge in [0.25, 0.3) is 0 Å². The van der Waals surface area contributed by atoms with Crippen LogP contribution in [0.4, 0.5) is 0 Å². The summed E-state index contributed by atoms with van der Waals surface area (Å²) in [5, 5.41) is 4.21. The van der Waals surface area contributed by atoms with Crippen molar-refractivity contribution in [2.24, 2.45) is 13.0 Å². The van der Waals surface area contributed by atoms with E-state index < -0.39 is 10.0 Å². The SMILES string of the molecule is CCN1CCCC(CCNS(=O)(=O)c2c(C)nn(C)c2Cl)C1. The highest BCUT2D eigenvalue weighted by Crippen LogP contribution is 2.24. The Labute approximate surface area is 137 Å². The summed E-state index contributed by atoms with van der Waals surface area (Å²) in [7, 11) is -1.96. The van der Waals surface area contributed by atoms with E-state index in [0.717, 1.165) is 26.1 Å². The molecule has 0 radical (unpaired) electrons. The van der Waals surface area contributed by atoms with E-state index in [1.54, 1.807) is 14.0 Å². The average molecular weight is 349 g/mol. The van der Waals surface area contributed by atoms with E-state index in [9.17, 15) is 8.42 Å². The fourth-order valence-corrected chi connectivity index (χ4v) is 4.85. The first kappa shape index (κ1) is 17.7. The standard InChI is InChI=1S/C14H25ClN4O2S/c1-4-19-9-5-6-12(10-19)7-8-16-22(20,21)13-11(2)17-18(3)14(13)15/h12,16H,4-10H2,1-3H3. The van der Waals surface area contributed by atoms with Gasteiger partial charge in [0.1, 0.15) is 10.0 Å². The molecule has 22 heavy (non-hydrogen) atoms. The maximum Gasteiger partial charge on any atom is 0.245 e. The quantitative estimate of drug-likeness (QED) is 0.851. The molecule has 2 rings (SSSR count). The molecule has 0 aromatic carbocycles. The number of sulfonamides is 1. The number of rotatable bonds is 6. The van der Waals surface area contributed by atoms with Crippen molar-refractivity contribution in [2.45, 2.75) is 38.0 Å².